The first-order valence-electron chi connectivity index (χ1n) is 9.84. The summed E-state index contributed by atoms with van der Waals surface area (Å²) in [4.78, 5) is 24.4. The van der Waals surface area contributed by atoms with Crippen molar-refractivity contribution >= 4 is 11.8 Å². The van der Waals surface area contributed by atoms with Crippen molar-refractivity contribution in [3.8, 4) is 0 Å². The standard InChI is InChI=1S/C21H38N2O2/c1-7-8-9-19(25)23-21(13-10-16(2)14-21)15-17(3)22-18(24)11-12-20(4,5)6/h16H,3,7-15H2,1-2,4-6H3,(H,22,24)(H,23,25). The lowest BCUT2D eigenvalue weighted by Crippen LogP contribution is -2.48. The van der Waals surface area contributed by atoms with Crippen LogP contribution in [0.1, 0.15) is 92.4 Å². The number of unbranched alkanes of at least 4 members (excludes halogenated alkanes) is 1. The van der Waals surface area contributed by atoms with Gasteiger partial charge in [-0.3, -0.25) is 9.59 Å². The Morgan fingerprint density at radius 1 is 1.20 bits per heavy atom. The smallest absolute Gasteiger partial charge is 0.224 e. The van der Waals surface area contributed by atoms with Crippen molar-refractivity contribution in [2.45, 2.75) is 97.9 Å². The molecule has 0 heterocycles. The number of amides is 2. The predicted octanol–water partition coefficient (Wildman–Crippen LogP) is 4.70. The van der Waals surface area contributed by atoms with Crippen molar-refractivity contribution in [3.05, 3.63) is 12.3 Å². The van der Waals surface area contributed by atoms with Crippen molar-refractivity contribution in [1.82, 2.24) is 10.6 Å². The van der Waals surface area contributed by atoms with Crippen molar-refractivity contribution in [2.75, 3.05) is 0 Å². The van der Waals surface area contributed by atoms with Gasteiger partial charge in [-0.25, -0.2) is 0 Å². The highest BCUT2D eigenvalue weighted by Crippen LogP contribution is 2.38. The molecule has 4 heteroatoms. The first kappa shape index (κ1) is 21.7. The van der Waals surface area contributed by atoms with Gasteiger partial charge in [0.25, 0.3) is 0 Å². The molecule has 1 saturated carbocycles. The molecule has 2 amide bonds. The van der Waals surface area contributed by atoms with Crippen molar-refractivity contribution < 1.29 is 9.59 Å². The first-order chi connectivity index (χ1) is 11.6. The van der Waals surface area contributed by atoms with E-state index in [0.717, 1.165) is 44.2 Å². The average molecular weight is 351 g/mol. The van der Waals surface area contributed by atoms with Gasteiger partial charge in [0.1, 0.15) is 0 Å². The zero-order chi connectivity index (χ0) is 19.1. The minimum absolute atomic E-state index is 0.0263. The van der Waals surface area contributed by atoms with Gasteiger partial charge < -0.3 is 10.6 Å². The molecule has 4 nitrogen and oxygen atoms in total. The number of hydrogen-bond acceptors (Lipinski definition) is 2. The van der Waals surface area contributed by atoms with Crippen LogP contribution >= 0.6 is 0 Å². The second kappa shape index (κ2) is 9.40. The lowest BCUT2D eigenvalue weighted by Gasteiger charge is -2.32. The number of rotatable bonds is 9. The summed E-state index contributed by atoms with van der Waals surface area (Å²) in [5.74, 6) is 0.747. The van der Waals surface area contributed by atoms with E-state index >= 15 is 0 Å². The molecule has 2 unspecified atom stereocenters. The third kappa shape index (κ3) is 8.55. The SMILES string of the molecule is C=C(CC1(NC(=O)CCCC)CCC(C)C1)NC(=O)CCC(C)(C)C. The highest BCUT2D eigenvalue weighted by atomic mass is 16.2. The maximum absolute atomic E-state index is 12.3. The zero-order valence-electron chi connectivity index (χ0n) is 17.0. The number of carbonyl (C=O) groups is 2. The zero-order valence-corrected chi connectivity index (χ0v) is 17.0. The first-order valence-corrected chi connectivity index (χ1v) is 9.84. The molecule has 0 aliphatic heterocycles. The summed E-state index contributed by atoms with van der Waals surface area (Å²) in [7, 11) is 0. The van der Waals surface area contributed by atoms with E-state index in [-0.39, 0.29) is 22.8 Å². The van der Waals surface area contributed by atoms with Gasteiger partial charge in [0, 0.05) is 30.5 Å². The Labute approximate surface area is 154 Å². The van der Waals surface area contributed by atoms with Crippen LogP contribution in [0.3, 0.4) is 0 Å². The molecular formula is C21H38N2O2. The lowest BCUT2D eigenvalue weighted by atomic mass is 9.89. The average Bonchev–Trinajstić information content (AvgIpc) is 2.82. The van der Waals surface area contributed by atoms with Gasteiger partial charge in [0.2, 0.25) is 11.8 Å². The Morgan fingerprint density at radius 3 is 2.40 bits per heavy atom. The third-order valence-electron chi connectivity index (χ3n) is 4.99. The summed E-state index contributed by atoms with van der Waals surface area (Å²) in [5, 5.41) is 6.22. The van der Waals surface area contributed by atoms with E-state index in [1.807, 2.05) is 0 Å². The monoisotopic (exact) mass is 350 g/mol. The van der Waals surface area contributed by atoms with Gasteiger partial charge in [-0.1, -0.05) is 47.6 Å². The predicted molar refractivity (Wildman–Crippen MR) is 104 cm³/mol. The quantitative estimate of drug-likeness (QED) is 0.633. The normalized spacial score (nSPS) is 23.3. The number of carbonyl (C=O) groups excluding carboxylic acids is 2. The van der Waals surface area contributed by atoms with Crippen molar-refractivity contribution in [1.29, 1.82) is 0 Å². The highest BCUT2D eigenvalue weighted by Gasteiger charge is 2.39. The van der Waals surface area contributed by atoms with Crippen LogP contribution in [0, 0.1) is 11.3 Å². The number of hydrogen-bond donors (Lipinski definition) is 2. The third-order valence-corrected chi connectivity index (χ3v) is 4.99. The van der Waals surface area contributed by atoms with Crippen LogP contribution in [0.2, 0.25) is 0 Å². The molecule has 2 atom stereocenters. The molecule has 2 N–H and O–H groups in total. The van der Waals surface area contributed by atoms with E-state index in [0.29, 0.717) is 25.2 Å². The molecule has 1 aliphatic carbocycles. The van der Waals surface area contributed by atoms with Crippen LogP contribution in [0.4, 0.5) is 0 Å². The Hall–Kier alpha value is -1.32. The maximum Gasteiger partial charge on any atom is 0.224 e. The molecule has 0 radical (unpaired) electrons. The van der Waals surface area contributed by atoms with E-state index in [4.69, 9.17) is 0 Å². The molecular weight excluding hydrogens is 312 g/mol. The summed E-state index contributed by atoms with van der Waals surface area (Å²) in [6.07, 6.45) is 7.55. The van der Waals surface area contributed by atoms with Gasteiger partial charge in [-0.15, -0.1) is 0 Å². The second-order valence-electron chi connectivity index (χ2n) is 9.17. The Balaban J connectivity index is 2.58. The van der Waals surface area contributed by atoms with Gasteiger partial charge >= 0.3 is 0 Å². The second-order valence-corrected chi connectivity index (χ2v) is 9.17. The van der Waals surface area contributed by atoms with Gasteiger partial charge in [-0.2, -0.15) is 0 Å². The Kier molecular flexibility index (Phi) is 8.17. The summed E-state index contributed by atoms with van der Waals surface area (Å²) in [6.45, 7) is 14.8. The minimum Gasteiger partial charge on any atom is -0.350 e. The highest BCUT2D eigenvalue weighted by molar-refractivity contribution is 5.78. The molecule has 1 rings (SSSR count). The minimum atomic E-state index is -0.237. The molecule has 0 bridgehead atoms. The van der Waals surface area contributed by atoms with E-state index in [1.54, 1.807) is 0 Å². The molecule has 1 aliphatic rings. The van der Waals surface area contributed by atoms with Crippen LogP contribution in [-0.4, -0.2) is 17.4 Å². The lowest BCUT2D eigenvalue weighted by molar-refractivity contribution is -0.123. The summed E-state index contributed by atoms with van der Waals surface area (Å²) < 4.78 is 0. The Morgan fingerprint density at radius 2 is 1.88 bits per heavy atom. The largest absolute Gasteiger partial charge is 0.350 e. The summed E-state index contributed by atoms with van der Waals surface area (Å²) >= 11 is 0. The fraction of sp³-hybridized carbons (Fsp3) is 0.810. The van der Waals surface area contributed by atoms with Crippen LogP contribution in [0.25, 0.3) is 0 Å². The van der Waals surface area contributed by atoms with E-state index in [9.17, 15) is 9.59 Å². The molecule has 0 aromatic heterocycles. The molecule has 25 heavy (non-hydrogen) atoms. The van der Waals surface area contributed by atoms with E-state index in [2.05, 4.69) is 51.8 Å². The van der Waals surface area contributed by atoms with Gasteiger partial charge in [-0.05, 0) is 43.4 Å². The van der Waals surface area contributed by atoms with Crippen molar-refractivity contribution in [3.63, 3.8) is 0 Å². The van der Waals surface area contributed by atoms with Crippen LogP contribution in [0.5, 0.6) is 0 Å². The van der Waals surface area contributed by atoms with E-state index in [1.165, 1.54) is 0 Å². The molecule has 0 aromatic carbocycles. The summed E-state index contributed by atoms with van der Waals surface area (Å²) in [6, 6.07) is 0. The fourth-order valence-electron chi connectivity index (χ4n) is 3.61. The van der Waals surface area contributed by atoms with Crippen LogP contribution in [0.15, 0.2) is 12.3 Å². The topological polar surface area (TPSA) is 58.2 Å². The van der Waals surface area contributed by atoms with Crippen molar-refractivity contribution in [2.24, 2.45) is 11.3 Å². The van der Waals surface area contributed by atoms with E-state index < -0.39 is 0 Å². The molecule has 0 spiro atoms. The summed E-state index contributed by atoms with van der Waals surface area (Å²) in [5.41, 5.74) is 0.635. The van der Waals surface area contributed by atoms with Crippen LogP contribution in [-0.2, 0) is 9.59 Å². The Bertz CT molecular complexity index is 479. The number of nitrogens with one attached hydrogen (secondary N) is 2. The van der Waals surface area contributed by atoms with Gasteiger partial charge in [0.15, 0.2) is 0 Å². The molecule has 144 valence electrons. The maximum atomic E-state index is 12.3. The molecule has 1 fully saturated rings. The molecule has 0 saturated heterocycles. The fourth-order valence-corrected chi connectivity index (χ4v) is 3.61. The van der Waals surface area contributed by atoms with Crippen LogP contribution < -0.4 is 10.6 Å². The molecule has 0 aromatic rings. The van der Waals surface area contributed by atoms with Gasteiger partial charge in [0.05, 0.1) is 0 Å².